The number of hydrogen-bond donors (Lipinski definition) is 0. The smallest absolute Gasteiger partial charge is 0.253 e. The van der Waals surface area contributed by atoms with Gasteiger partial charge in [-0.1, -0.05) is 30.3 Å². The van der Waals surface area contributed by atoms with Crippen molar-refractivity contribution in [2.45, 2.75) is 13.0 Å². The van der Waals surface area contributed by atoms with Gasteiger partial charge in [0.05, 0.1) is 20.6 Å². The topological polar surface area (TPSA) is 37.4 Å². The van der Waals surface area contributed by atoms with Crippen LogP contribution in [0.25, 0.3) is 0 Å². The van der Waals surface area contributed by atoms with Crippen molar-refractivity contribution in [3.8, 4) is 0 Å². The van der Waals surface area contributed by atoms with Crippen molar-refractivity contribution in [1.82, 2.24) is 4.90 Å². The zero-order valence-electron chi connectivity index (χ0n) is 12.1. The van der Waals surface area contributed by atoms with Crippen LogP contribution in [0.5, 0.6) is 0 Å². The summed E-state index contributed by atoms with van der Waals surface area (Å²) < 4.78 is 0.841. The molecule has 0 saturated carbocycles. The van der Waals surface area contributed by atoms with Crippen LogP contribution < -0.4 is 0 Å². The molecular formula is C16H21N2O2+. The molecule has 0 radical (unpaired) electrons. The molecule has 1 aliphatic heterocycles. The number of nitrogens with zero attached hydrogens (tertiary/aromatic N) is 2. The van der Waals surface area contributed by atoms with Crippen LogP contribution in [0.15, 0.2) is 42.5 Å². The van der Waals surface area contributed by atoms with E-state index in [-0.39, 0.29) is 11.8 Å². The molecule has 106 valence electrons. The Labute approximate surface area is 119 Å². The molecule has 0 aromatic heterocycles. The Morgan fingerprint density at radius 1 is 1.00 bits per heavy atom. The second-order valence-electron chi connectivity index (χ2n) is 5.82. The zero-order chi connectivity index (χ0) is 14.6. The first-order valence-electron chi connectivity index (χ1n) is 6.87. The maximum absolute atomic E-state index is 11.4. The van der Waals surface area contributed by atoms with Gasteiger partial charge < -0.3 is 4.48 Å². The fraction of sp³-hybridized carbons (Fsp3) is 0.375. The third-order valence-electron chi connectivity index (χ3n) is 3.50. The van der Waals surface area contributed by atoms with E-state index in [1.54, 1.807) is 0 Å². The van der Waals surface area contributed by atoms with Gasteiger partial charge in [0.2, 0.25) is 0 Å². The van der Waals surface area contributed by atoms with E-state index in [1.165, 1.54) is 22.6 Å². The van der Waals surface area contributed by atoms with Gasteiger partial charge in [0, 0.05) is 30.7 Å². The van der Waals surface area contributed by atoms with Crippen molar-refractivity contribution in [3.05, 3.63) is 48.0 Å². The zero-order valence-corrected chi connectivity index (χ0v) is 12.1. The molecular weight excluding hydrogens is 252 g/mol. The van der Waals surface area contributed by atoms with E-state index < -0.39 is 0 Å². The highest BCUT2D eigenvalue weighted by molar-refractivity contribution is 6.12. The predicted molar refractivity (Wildman–Crippen MR) is 77.6 cm³/mol. The van der Waals surface area contributed by atoms with Crippen molar-refractivity contribution in [2.24, 2.45) is 0 Å². The molecule has 1 aromatic carbocycles. The Bertz CT molecular complexity index is 503. The highest BCUT2D eigenvalue weighted by Crippen LogP contribution is 2.11. The minimum atomic E-state index is -0.191. The Kier molecular flexibility index (Phi) is 4.35. The number of carbonyl (C=O) groups excluding carboxylic acids is 2. The number of benzene rings is 1. The van der Waals surface area contributed by atoms with Crippen molar-refractivity contribution in [3.63, 3.8) is 0 Å². The van der Waals surface area contributed by atoms with Crippen LogP contribution in [0.2, 0.25) is 0 Å². The average molecular weight is 273 g/mol. The molecule has 0 saturated heterocycles. The van der Waals surface area contributed by atoms with Gasteiger partial charge in [0.15, 0.2) is 0 Å². The van der Waals surface area contributed by atoms with Gasteiger partial charge in [-0.25, -0.2) is 0 Å². The first-order chi connectivity index (χ1) is 9.48. The van der Waals surface area contributed by atoms with Crippen LogP contribution in [-0.2, 0) is 16.1 Å². The molecule has 4 heteroatoms. The number of amides is 2. The molecule has 0 bridgehead atoms. The second kappa shape index (κ2) is 6.01. The summed E-state index contributed by atoms with van der Waals surface area (Å²) in [6.07, 6.45) is 3.50. The molecule has 0 atom stereocenters. The highest BCUT2D eigenvalue weighted by Gasteiger charge is 2.24. The summed E-state index contributed by atoms with van der Waals surface area (Å²) in [5, 5.41) is 0. The Balaban J connectivity index is 1.81. The van der Waals surface area contributed by atoms with E-state index in [4.69, 9.17) is 0 Å². The van der Waals surface area contributed by atoms with Crippen molar-refractivity contribution in [2.75, 3.05) is 27.2 Å². The molecule has 2 amide bonds. The molecule has 1 aromatic rings. The second-order valence-corrected chi connectivity index (χ2v) is 5.82. The van der Waals surface area contributed by atoms with E-state index in [0.717, 1.165) is 24.0 Å². The van der Waals surface area contributed by atoms with Crippen molar-refractivity contribution >= 4 is 11.8 Å². The molecule has 20 heavy (non-hydrogen) atoms. The molecule has 0 N–H and O–H groups in total. The molecule has 0 fully saturated rings. The molecule has 4 nitrogen and oxygen atoms in total. The van der Waals surface area contributed by atoms with E-state index >= 15 is 0 Å². The van der Waals surface area contributed by atoms with Gasteiger partial charge in [-0.15, -0.1) is 0 Å². The Hall–Kier alpha value is -1.94. The van der Waals surface area contributed by atoms with E-state index in [1.807, 2.05) is 18.2 Å². The number of carbonyl (C=O) groups is 2. The highest BCUT2D eigenvalue weighted by atomic mass is 16.2. The third-order valence-corrected chi connectivity index (χ3v) is 3.50. The van der Waals surface area contributed by atoms with Gasteiger partial charge in [0.1, 0.15) is 6.54 Å². The van der Waals surface area contributed by atoms with Gasteiger partial charge >= 0.3 is 0 Å². The minimum absolute atomic E-state index is 0.191. The lowest BCUT2D eigenvalue weighted by atomic mass is 10.2. The van der Waals surface area contributed by atoms with Crippen molar-refractivity contribution in [1.29, 1.82) is 0 Å². The number of quaternary nitrogens is 1. The maximum atomic E-state index is 11.4. The summed E-state index contributed by atoms with van der Waals surface area (Å²) in [6.45, 7) is 2.37. The SMILES string of the molecule is C[N+](C)(CCCN1C(=O)C=CC1=O)Cc1ccccc1. The summed E-state index contributed by atoms with van der Waals surface area (Å²) in [7, 11) is 4.33. The molecule has 0 unspecified atom stereocenters. The summed E-state index contributed by atoms with van der Waals surface area (Å²) in [5.41, 5.74) is 1.30. The van der Waals surface area contributed by atoms with Crippen LogP contribution in [0.3, 0.4) is 0 Å². The van der Waals surface area contributed by atoms with E-state index in [2.05, 4.69) is 26.2 Å². The maximum Gasteiger partial charge on any atom is 0.253 e. The molecule has 2 rings (SSSR count). The predicted octanol–water partition coefficient (Wildman–Crippen LogP) is 1.58. The first-order valence-corrected chi connectivity index (χ1v) is 6.87. The summed E-state index contributed by atoms with van der Waals surface area (Å²) in [5.74, 6) is -0.383. The lowest BCUT2D eigenvalue weighted by Crippen LogP contribution is -2.41. The standard InChI is InChI=1S/C16H21N2O2/c1-18(2,13-14-7-4-3-5-8-14)12-6-11-17-15(19)9-10-16(17)20/h3-5,7-10H,6,11-13H2,1-2H3/q+1. The lowest BCUT2D eigenvalue weighted by molar-refractivity contribution is -0.903. The monoisotopic (exact) mass is 273 g/mol. The van der Waals surface area contributed by atoms with Crippen LogP contribution >= 0.6 is 0 Å². The lowest BCUT2D eigenvalue weighted by Gasteiger charge is -2.30. The van der Waals surface area contributed by atoms with Crippen LogP contribution in [-0.4, -0.2) is 48.4 Å². The quantitative estimate of drug-likeness (QED) is 0.583. The molecule has 1 aliphatic rings. The average Bonchev–Trinajstić information content (AvgIpc) is 2.71. The molecule has 1 heterocycles. The number of imide groups is 1. The van der Waals surface area contributed by atoms with Crippen LogP contribution in [0.4, 0.5) is 0 Å². The third kappa shape index (κ3) is 3.78. The van der Waals surface area contributed by atoms with E-state index in [0.29, 0.717) is 6.54 Å². The summed E-state index contributed by atoms with van der Waals surface area (Å²) >= 11 is 0. The minimum Gasteiger partial charge on any atom is -0.325 e. The molecule has 0 spiro atoms. The van der Waals surface area contributed by atoms with E-state index in [9.17, 15) is 9.59 Å². The Morgan fingerprint density at radius 3 is 2.20 bits per heavy atom. The summed E-state index contributed by atoms with van der Waals surface area (Å²) in [6, 6.07) is 10.3. The van der Waals surface area contributed by atoms with Gasteiger partial charge in [-0.3, -0.25) is 14.5 Å². The van der Waals surface area contributed by atoms with Crippen LogP contribution in [0.1, 0.15) is 12.0 Å². The van der Waals surface area contributed by atoms with Gasteiger partial charge in [-0.05, 0) is 0 Å². The van der Waals surface area contributed by atoms with Gasteiger partial charge in [-0.2, -0.15) is 0 Å². The number of hydrogen-bond acceptors (Lipinski definition) is 2. The fourth-order valence-electron chi connectivity index (χ4n) is 2.47. The largest absolute Gasteiger partial charge is 0.325 e. The Morgan fingerprint density at radius 2 is 1.60 bits per heavy atom. The van der Waals surface area contributed by atoms with Crippen LogP contribution in [0, 0.1) is 0 Å². The van der Waals surface area contributed by atoms with Crippen molar-refractivity contribution < 1.29 is 14.1 Å². The first kappa shape index (κ1) is 14.5. The fourth-order valence-corrected chi connectivity index (χ4v) is 2.47. The summed E-state index contributed by atoms with van der Waals surface area (Å²) in [4.78, 5) is 24.2. The normalized spacial score (nSPS) is 15.2. The molecule has 0 aliphatic carbocycles. The van der Waals surface area contributed by atoms with Gasteiger partial charge in [0.25, 0.3) is 11.8 Å². The number of rotatable bonds is 6.